The van der Waals surface area contributed by atoms with Crippen LogP contribution in [0.3, 0.4) is 0 Å². The Morgan fingerprint density at radius 2 is 2.33 bits per heavy atom. The lowest BCUT2D eigenvalue weighted by Gasteiger charge is -2.17. The molecule has 0 bridgehead atoms. The number of carbonyl (C=O) groups is 1. The average Bonchev–Trinajstić information content (AvgIpc) is 3.30. The van der Waals surface area contributed by atoms with E-state index in [1.807, 2.05) is 0 Å². The summed E-state index contributed by atoms with van der Waals surface area (Å²) in [6.07, 6.45) is 3.09. The number of carbonyl (C=O) groups excluding carboxylic acids is 1. The Morgan fingerprint density at radius 3 is 3.11 bits per heavy atom. The molecule has 0 spiro atoms. The van der Waals surface area contributed by atoms with Crippen LogP contribution in [-0.4, -0.2) is 36.9 Å². The van der Waals surface area contributed by atoms with Crippen LogP contribution < -0.4 is 9.54 Å². The van der Waals surface area contributed by atoms with Crippen LogP contribution in [0, 0.1) is 0 Å². The molecule has 0 N–H and O–H groups in total. The van der Waals surface area contributed by atoms with Crippen LogP contribution in [0.1, 0.15) is 33.8 Å². The Kier molecular flexibility index (Phi) is 5.63. The van der Waals surface area contributed by atoms with Crippen LogP contribution in [0.2, 0.25) is 5.02 Å². The third-order valence-electron chi connectivity index (χ3n) is 4.80. The highest BCUT2D eigenvalue weighted by Gasteiger charge is 2.23. The molecule has 1 saturated heterocycles. The van der Waals surface area contributed by atoms with Gasteiger partial charge in [0.1, 0.15) is 5.75 Å². The van der Waals surface area contributed by atoms with E-state index in [0.717, 1.165) is 31.6 Å². The number of thiazole rings is 1. The molecule has 2 aliphatic rings. The molecule has 0 aliphatic carbocycles. The summed E-state index contributed by atoms with van der Waals surface area (Å²) in [6.45, 7) is 2.72. The van der Waals surface area contributed by atoms with Gasteiger partial charge in [-0.3, -0.25) is 4.79 Å². The maximum Gasteiger partial charge on any atom is 0.283 e. The van der Waals surface area contributed by atoms with Gasteiger partial charge in [-0.25, -0.2) is 0 Å². The molecule has 27 heavy (non-hydrogen) atoms. The van der Waals surface area contributed by atoms with Gasteiger partial charge in [0.2, 0.25) is 0 Å². The van der Waals surface area contributed by atoms with E-state index in [1.54, 1.807) is 29.5 Å². The van der Waals surface area contributed by atoms with Crippen LogP contribution >= 0.6 is 22.9 Å². The maximum absolute atomic E-state index is 12.9. The summed E-state index contributed by atoms with van der Waals surface area (Å²) < 4.78 is 18.8. The first-order valence-corrected chi connectivity index (χ1v) is 10.2. The molecule has 144 valence electrons. The van der Waals surface area contributed by atoms with Crippen molar-refractivity contribution >= 4 is 28.8 Å². The average molecular weight is 409 g/mol. The van der Waals surface area contributed by atoms with Gasteiger partial charge in [-0.05, 0) is 31.0 Å². The summed E-state index contributed by atoms with van der Waals surface area (Å²) in [4.78, 5) is 19.2. The molecule has 3 heterocycles. The van der Waals surface area contributed by atoms with Crippen LogP contribution in [0.15, 0.2) is 23.2 Å². The zero-order chi connectivity index (χ0) is 18.8. The zero-order valence-corrected chi connectivity index (χ0v) is 16.6. The van der Waals surface area contributed by atoms with Gasteiger partial charge in [-0.15, -0.1) is 11.3 Å². The number of halogens is 1. The third kappa shape index (κ3) is 3.96. The van der Waals surface area contributed by atoms with E-state index < -0.39 is 0 Å². The Bertz CT molecular complexity index is 915. The Balaban J connectivity index is 1.74. The van der Waals surface area contributed by atoms with E-state index in [2.05, 4.69) is 9.56 Å². The first-order chi connectivity index (χ1) is 13.2. The number of rotatable bonds is 4. The summed E-state index contributed by atoms with van der Waals surface area (Å²) in [5.74, 6) is 0.0958. The molecular formula is C19H21ClN2O4S. The van der Waals surface area contributed by atoms with Gasteiger partial charge in [0.05, 0.1) is 44.2 Å². The predicted octanol–water partition coefficient (Wildman–Crippen LogP) is 3.20. The molecule has 1 fully saturated rings. The van der Waals surface area contributed by atoms with E-state index in [1.165, 1.54) is 12.0 Å². The van der Waals surface area contributed by atoms with Gasteiger partial charge in [0.25, 0.3) is 5.91 Å². The number of aromatic nitrogens is 1. The number of fused-ring (bicyclic) bond motifs is 1. The molecule has 2 aliphatic heterocycles. The normalized spacial score (nSPS) is 19.9. The number of benzene rings is 1. The topological polar surface area (TPSA) is 62.0 Å². The minimum Gasteiger partial charge on any atom is -0.496 e. The quantitative estimate of drug-likeness (QED) is 0.779. The van der Waals surface area contributed by atoms with Crippen molar-refractivity contribution in [3.05, 3.63) is 44.2 Å². The van der Waals surface area contributed by atoms with Crippen molar-refractivity contribution in [2.24, 2.45) is 4.99 Å². The van der Waals surface area contributed by atoms with E-state index in [-0.39, 0.29) is 12.0 Å². The summed E-state index contributed by atoms with van der Waals surface area (Å²) in [6, 6.07) is 4.96. The Labute approximate surface area is 166 Å². The fraction of sp³-hybridized carbons (Fsp3) is 0.474. The number of amides is 1. The summed E-state index contributed by atoms with van der Waals surface area (Å²) in [7, 11) is 1.53. The number of methoxy groups -OCH3 is 1. The maximum atomic E-state index is 12.9. The standard InChI is InChI=1S/C19H21ClN2O4S/c1-24-16-5-4-12(20)9-14(16)18(23)21-19-22(10-13-3-2-7-26-13)15-11-25-8-6-17(15)27-19/h4-5,9,13H,2-3,6-8,10-11H2,1H3/t13-/m1/s1. The smallest absolute Gasteiger partial charge is 0.283 e. The number of hydrogen-bond donors (Lipinski definition) is 0. The molecule has 0 radical (unpaired) electrons. The highest BCUT2D eigenvalue weighted by Crippen LogP contribution is 2.25. The fourth-order valence-electron chi connectivity index (χ4n) is 3.44. The first kappa shape index (κ1) is 18.7. The second-order valence-electron chi connectivity index (χ2n) is 6.56. The molecule has 0 unspecified atom stereocenters. The number of ether oxygens (including phenoxy) is 3. The molecule has 0 saturated carbocycles. The van der Waals surface area contributed by atoms with E-state index >= 15 is 0 Å². The third-order valence-corrected chi connectivity index (χ3v) is 6.22. The van der Waals surface area contributed by atoms with Gasteiger partial charge in [0, 0.05) is 22.9 Å². The highest BCUT2D eigenvalue weighted by atomic mass is 35.5. The SMILES string of the molecule is COc1ccc(Cl)cc1C(=O)N=c1sc2c(n1C[C@H]1CCCO1)COCC2. The minimum atomic E-state index is -0.366. The lowest BCUT2D eigenvalue weighted by molar-refractivity contribution is 0.0837. The molecule has 1 amide bonds. The fourth-order valence-corrected chi connectivity index (χ4v) is 4.72. The Hall–Kier alpha value is -1.67. The molecule has 1 atom stereocenters. The molecular weight excluding hydrogens is 388 g/mol. The van der Waals surface area contributed by atoms with Crippen LogP contribution in [0.25, 0.3) is 0 Å². The predicted molar refractivity (Wildman–Crippen MR) is 103 cm³/mol. The van der Waals surface area contributed by atoms with Crippen LogP contribution in [0.5, 0.6) is 5.75 Å². The summed E-state index contributed by atoms with van der Waals surface area (Å²) in [5, 5.41) is 0.473. The van der Waals surface area contributed by atoms with Crippen molar-refractivity contribution in [1.29, 1.82) is 0 Å². The van der Waals surface area contributed by atoms with Gasteiger partial charge < -0.3 is 18.8 Å². The minimum absolute atomic E-state index is 0.153. The summed E-state index contributed by atoms with van der Waals surface area (Å²) in [5.41, 5.74) is 1.46. The first-order valence-electron chi connectivity index (χ1n) is 8.99. The molecule has 4 rings (SSSR count). The van der Waals surface area contributed by atoms with Gasteiger partial charge in [-0.2, -0.15) is 4.99 Å². The lowest BCUT2D eigenvalue weighted by Crippen LogP contribution is -2.27. The molecule has 2 aromatic rings. The number of hydrogen-bond acceptors (Lipinski definition) is 5. The highest BCUT2D eigenvalue weighted by molar-refractivity contribution is 7.09. The van der Waals surface area contributed by atoms with E-state index in [9.17, 15) is 4.79 Å². The van der Waals surface area contributed by atoms with Crippen LogP contribution in [-0.2, 0) is 29.0 Å². The molecule has 8 heteroatoms. The monoisotopic (exact) mass is 408 g/mol. The number of nitrogens with zero attached hydrogens (tertiary/aromatic N) is 2. The van der Waals surface area contributed by atoms with Crippen LogP contribution in [0.4, 0.5) is 0 Å². The van der Waals surface area contributed by atoms with Crippen molar-refractivity contribution in [1.82, 2.24) is 4.57 Å². The lowest BCUT2D eigenvalue weighted by atomic mass is 10.2. The zero-order valence-electron chi connectivity index (χ0n) is 15.1. The van der Waals surface area contributed by atoms with Crippen molar-refractivity contribution < 1.29 is 19.0 Å². The van der Waals surface area contributed by atoms with Gasteiger partial charge in [-0.1, -0.05) is 11.6 Å². The molecule has 1 aromatic heterocycles. The molecule has 1 aromatic carbocycles. The second kappa shape index (κ2) is 8.14. The van der Waals surface area contributed by atoms with Crippen molar-refractivity contribution in [3.8, 4) is 5.75 Å². The largest absolute Gasteiger partial charge is 0.496 e. The van der Waals surface area contributed by atoms with Crippen molar-refractivity contribution in [3.63, 3.8) is 0 Å². The van der Waals surface area contributed by atoms with Crippen molar-refractivity contribution in [2.75, 3.05) is 20.3 Å². The van der Waals surface area contributed by atoms with E-state index in [4.69, 9.17) is 25.8 Å². The van der Waals surface area contributed by atoms with E-state index in [0.29, 0.717) is 40.9 Å². The van der Waals surface area contributed by atoms with Gasteiger partial charge in [0.15, 0.2) is 4.80 Å². The Morgan fingerprint density at radius 1 is 1.44 bits per heavy atom. The molecule has 6 nitrogen and oxygen atoms in total. The second-order valence-corrected chi connectivity index (χ2v) is 8.06. The van der Waals surface area contributed by atoms with Gasteiger partial charge >= 0.3 is 0 Å². The summed E-state index contributed by atoms with van der Waals surface area (Å²) >= 11 is 7.61. The van der Waals surface area contributed by atoms with Crippen molar-refractivity contribution in [2.45, 2.75) is 38.5 Å².